The number of aryl methyl sites for hydroxylation is 1. The first-order valence-corrected chi connectivity index (χ1v) is 6.10. The van der Waals surface area contributed by atoms with Crippen LogP contribution in [0.3, 0.4) is 0 Å². The van der Waals surface area contributed by atoms with E-state index < -0.39 is 0 Å². The molecule has 4 heteroatoms. The van der Waals surface area contributed by atoms with E-state index in [4.69, 9.17) is 0 Å². The molecule has 1 aromatic heterocycles. The van der Waals surface area contributed by atoms with Crippen LogP contribution in [0.25, 0.3) is 11.0 Å². The van der Waals surface area contributed by atoms with Crippen molar-refractivity contribution < 1.29 is 5.11 Å². The molecule has 1 fully saturated rings. The lowest BCUT2D eigenvalue weighted by atomic mass is 10.1. The molecule has 3 rings (SSSR count). The SMILES string of the molecule is Cn1c(N2CCC[C@@H](O)C2)nc2ccccc21. The Bertz CT molecular complexity index is 534. The topological polar surface area (TPSA) is 41.3 Å². The normalized spacial score (nSPS) is 21.1. The summed E-state index contributed by atoms with van der Waals surface area (Å²) in [6.07, 6.45) is 1.72. The fourth-order valence-electron chi connectivity index (χ4n) is 2.55. The largest absolute Gasteiger partial charge is 0.391 e. The fraction of sp³-hybridized carbons (Fsp3) is 0.462. The monoisotopic (exact) mass is 231 g/mol. The molecule has 1 aliphatic heterocycles. The predicted octanol–water partition coefficient (Wildman–Crippen LogP) is 1.53. The Hall–Kier alpha value is -1.55. The summed E-state index contributed by atoms with van der Waals surface area (Å²) in [6.45, 7) is 1.67. The van der Waals surface area contributed by atoms with Gasteiger partial charge in [0.2, 0.25) is 5.95 Å². The lowest BCUT2D eigenvalue weighted by Crippen LogP contribution is -2.39. The van der Waals surface area contributed by atoms with Crippen molar-refractivity contribution in [3.63, 3.8) is 0 Å². The summed E-state index contributed by atoms with van der Waals surface area (Å²) in [5.41, 5.74) is 2.16. The van der Waals surface area contributed by atoms with Crippen LogP contribution < -0.4 is 4.90 Å². The highest BCUT2D eigenvalue weighted by Gasteiger charge is 2.21. The summed E-state index contributed by atoms with van der Waals surface area (Å²) in [5, 5.41) is 9.73. The van der Waals surface area contributed by atoms with Gasteiger partial charge in [-0.05, 0) is 25.0 Å². The molecular weight excluding hydrogens is 214 g/mol. The van der Waals surface area contributed by atoms with E-state index in [0.717, 1.165) is 36.4 Å². The van der Waals surface area contributed by atoms with E-state index >= 15 is 0 Å². The van der Waals surface area contributed by atoms with Crippen molar-refractivity contribution in [2.24, 2.45) is 7.05 Å². The Balaban J connectivity index is 2.02. The number of fused-ring (bicyclic) bond motifs is 1. The molecule has 90 valence electrons. The first kappa shape index (κ1) is 10.6. The number of aromatic nitrogens is 2. The molecule has 0 unspecified atom stereocenters. The van der Waals surface area contributed by atoms with Gasteiger partial charge < -0.3 is 14.6 Å². The zero-order chi connectivity index (χ0) is 11.8. The second-order valence-corrected chi connectivity index (χ2v) is 4.70. The van der Waals surface area contributed by atoms with E-state index in [2.05, 4.69) is 20.5 Å². The van der Waals surface area contributed by atoms with Gasteiger partial charge >= 0.3 is 0 Å². The summed E-state index contributed by atoms with van der Waals surface area (Å²) >= 11 is 0. The number of para-hydroxylation sites is 2. The number of anilines is 1. The van der Waals surface area contributed by atoms with Crippen LogP contribution in [0, 0.1) is 0 Å². The molecule has 2 heterocycles. The third-order valence-electron chi connectivity index (χ3n) is 3.44. The van der Waals surface area contributed by atoms with E-state index in [1.807, 2.05) is 25.2 Å². The van der Waals surface area contributed by atoms with Crippen molar-refractivity contribution in [2.75, 3.05) is 18.0 Å². The molecule has 1 aliphatic rings. The number of rotatable bonds is 1. The van der Waals surface area contributed by atoms with Crippen LogP contribution in [0.2, 0.25) is 0 Å². The van der Waals surface area contributed by atoms with Gasteiger partial charge in [-0.2, -0.15) is 0 Å². The molecule has 2 aromatic rings. The van der Waals surface area contributed by atoms with Crippen LogP contribution in [-0.4, -0.2) is 33.9 Å². The van der Waals surface area contributed by atoms with Crippen LogP contribution in [0.1, 0.15) is 12.8 Å². The quantitative estimate of drug-likeness (QED) is 0.809. The van der Waals surface area contributed by atoms with Crippen molar-refractivity contribution in [2.45, 2.75) is 18.9 Å². The summed E-state index contributed by atoms with van der Waals surface area (Å²) < 4.78 is 2.10. The second kappa shape index (κ2) is 4.04. The van der Waals surface area contributed by atoms with Gasteiger partial charge in [0.1, 0.15) is 0 Å². The molecule has 0 bridgehead atoms. The molecular formula is C13H17N3O. The molecule has 1 atom stereocenters. The minimum atomic E-state index is -0.219. The molecule has 17 heavy (non-hydrogen) atoms. The van der Waals surface area contributed by atoms with Crippen molar-refractivity contribution in [3.05, 3.63) is 24.3 Å². The average Bonchev–Trinajstić information content (AvgIpc) is 2.68. The second-order valence-electron chi connectivity index (χ2n) is 4.70. The summed E-state index contributed by atoms with van der Waals surface area (Å²) in [6, 6.07) is 8.13. The number of imidazole rings is 1. The summed E-state index contributed by atoms with van der Waals surface area (Å²) in [7, 11) is 2.03. The minimum absolute atomic E-state index is 0.219. The average molecular weight is 231 g/mol. The van der Waals surface area contributed by atoms with Crippen LogP contribution in [0.15, 0.2) is 24.3 Å². The highest BCUT2D eigenvalue weighted by Crippen LogP contribution is 2.23. The standard InChI is InChI=1S/C13H17N3O/c1-15-12-7-3-2-6-11(12)14-13(15)16-8-4-5-10(17)9-16/h2-3,6-7,10,17H,4-5,8-9H2,1H3/t10-/m1/s1. The maximum atomic E-state index is 9.73. The molecule has 0 saturated carbocycles. The van der Waals surface area contributed by atoms with Gasteiger partial charge in [-0.1, -0.05) is 12.1 Å². The van der Waals surface area contributed by atoms with Gasteiger partial charge in [-0.15, -0.1) is 0 Å². The van der Waals surface area contributed by atoms with Gasteiger partial charge in [-0.3, -0.25) is 0 Å². The number of benzene rings is 1. The molecule has 4 nitrogen and oxygen atoms in total. The van der Waals surface area contributed by atoms with Crippen LogP contribution in [-0.2, 0) is 7.05 Å². The Morgan fingerprint density at radius 2 is 2.18 bits per heavy atom. The van der Waals surface area contributed by atoms with Crippen molar-refractivity contribution in [3.8, 4) is 0 Å². The Morgan fingerprint density at radius 3 is 2.94 bits per heavy atom. The number of aliphatic hydroxyl groups excluding tert-OH is 1. The number of nitrogens with zero attached hydrogens (tertiary/aromatic N) is 3. The van der Waals surface area contributed by atoms with Gasteiger partial charge in [0.15, 0.2) is 0 Å². The van der Waals surface area contributed by atoms with Crippen LogP contribution >= 0.6 is 0 Å². The zero-order valence-electron chi connectivity index (χ0n) is 10.0. The molecule has 0 aliphatic carbocycles. The van der Waals surface area contributed by atoms with Crippen LogP contribution in [0.4, 0.5) is 5.95 Å². The first-order chi connectivity index (χ1) is 8.25. The van der Waals surface area contributed by atoms with E-state index in [1.165, 1.54) is 0 Å². The maximum absolute atomic E-state index is 9.73. The highest BCUT2D eigenvalue weighted by atomic mass is 16.3. The van der Waals surface area contributed by atoms with Crippen LogP contribution in [0.5, 0.6) is 0 Å². The molecule has 0 radical (unpaired) electrons. The van der Waals surface area contributed by atoms with Crippen molar-refractivity contribution in [1.29, 1.82) is 0 Å². The predicted molar refractivity (Wildman–Crippen MR) is 68.2 cm³/mol. The van der Waals surface area contributed by atoms with E-state index in [-0.39, 0.29) is 6.10 Å². The summed E-state index contributed by atoms with van der Waals surface area (Å²) in [4.78, 5) is 6.82. The molecule has 1 aromatic carbocycles. The molecule has 0 spiro atoms. The third-order valence-corrected chi connectivity index (χ3v) is 3.44. The third kappa shape index (κ3) is 1.78. The van der Waals surface area contributed by atoms with Gasteiger partial charge in [0.25, 0.3) is 0 Å². The smallest absolute Gasteiger partial charge is 0.206 e. The Morgan fingerprint density at radius 1 is 1.35 bits per heavy atom. The lowest BCUT2D eigenvalue weighted by molar-refractivity contribution is 0.153. The maximum Gasteiger partial charge on any atom is 0.206 e. The van der Waals surface area contributed by atoms with Gasteiger partial charge in [0.05, 0.1) is 17.1 Å². The van der Waals surface area contributed by atoms with Crippen molar-refractivity contribution in [1.82, 2.24) is 9.55 Å². The van der Waals surface area contributed by atoms with E-state index in [9.17, 15) is 5.11 Å². The first-order valence-electron chi connectivity index (χ1n) is 6.10. The van der Waals surface area contributed by atoms with E-state index in [1.54, 1.807) is 0 Å². The zero-order valence-corrected chi connectivity index (χ0v) is 10.0. The van der Waals surface area contributed by atoms with Gasteiger partial charge in [-0.25, -0.2) is 4.98 Å². The Labute approximate surface area is 100 Å². The molecule has 1 N–H and O–H groups in total. The molecule has 1 saturated heterocycles. The number of β-amino-alcohol motifs (C(OH)–C–C–N with tert-alkyl or cyclic N) is 1. The number of aliphatic hydroxyl groups is 1. The Kier molecular flexibility index (Phi) is 2.52. The fourth-order valence-corrected chi connectivity index (χ4v) is 2.55. The summed E-state index contributed by atoms with van der Waals surface area (Å²) in [5.74, 6) is 0.963. The lowest BCUT2D eigenvalue weighted by Gasteiger charge is -2.30. The minimum Gasteiger partial charge on any atom is -0.391 e. The van der Waals surface area contributed by atoms with Crippen molar-refractivity contribution >= 4 is 17.0 Å². The number of hydrogen-bond acceptors (Lipinski definition) is 3. The molecule has 0 amide bonds. The number of hydrogen-bond donors (Lipinski definition) is 1. The number of piperidine rings is 1. The van der Waals surface area contributed by atoms with Gasteiger partial charge in [0, 0.05) is 20.1 Å². The highest BCUT2D eigenvalue weighted by molar-refractivity contribution is 5.78. The van der Waals surface area contributed by atoms with E-state index in [0.29, 0.717) is 6.54 Å².